The van der Waals surface area contributed by atoms with Gasteiger partial charge in [0.05, 0.1) is 0 Å². The van der Waals surface area contributed by atoms with Crippen molar-refractivity contribution in [3.8, 4) is 11.5 Å². The van der Waals surface area contributed by atoms with Crippen molar-refractivity contribution in [1.29, 1.82) is 0 Å². The summed E-state index contributed by atoms with van der Waals surface area (Å²) in [6.45, 7) is 0.751. The lowest BCUT2D eigenvalue weighted by molar-refractivity contribution is 0.0998. The van der Waals surface area contributed by atoms with Crippen molar-refractivity contribution in [1.82, 2.24) is 0 Å². The molecular formula is C22H20N2O4. The van der Waals surface area contributed by atoms with Crippen molar-refractivity contribution in [2.75, 3.05) is 18.5 Å². The molecule has 0 aliphatic heterocycles. The van der Waals surface area contributed by atoms with Crippen LogP contribution in [-0.4, -0.2) is 25.0 Å². The fourth-order valence-electron chi connectivity index (χ4n) is 2.48. The van der Waals surface area contributed by atoms with Gasteiger partial charge in [0.15, 0.2) is 0 Å². The summed E-state index contributed by atoms with van der Waals surface area (Å²) in [7, 11) is 0. The van der Waals surface area contributed by atoms with Gasteiger partial charge in [0, 0.05) is 16.8 Å². The monoisotopic (exact) mass is 376 g/mol. The van der Waals surface area contributed by atoms with Crippen molar-refractivity contribution in [3.63, 3.8) is 0 Å². The van der Waals surface area contributed by atoms with Gasteiger partial charge in [0.25, 0.3) is 5.91 Å². The molecule has 0 unspecified atom stereocenters. The van der Waals surface area contributed by atoms with Crippen molar-refractivity contribution in [3.05, 3.63) is 90.0 Å². The standard InChI is InChI=1S/C22H20N2O4/c23-21(25)16-9-11-18(12-10-16)24-22(26)17-5-4-8-20(15-17)28-14-13-27-19-6-2-1-3-7-19/h1-12,15H,13-14H2,(H2,23,25)(H,24,26). The van der Waals surface area contributed by atoms with Gasteiger partial charge < -0.3 is 20.5 Å². The highest BCUT2D eigenvalue weighted by atomic mass is 16.5. The maximum atomic E-state index is 12.4. The fourth-order valence-corrected chi connectivity index (χ4v) is 2.48. The third-order valence-electron chi connectivity index (χ3n) is 3.89. The normalized spacial score (nSPS) is 10.1. The minimum Gasteiger partial charge on any atom is -0.490 e. The van der Waals surface area contributed by atoms with E-state index < -0.39 is 5.91 Å². The molecule has 28 heavy (non-hydrogen) atoms. The first-order valence-electron chi connectivity index (χ1n) is 8.74. The first-order chi connectivity index (χ1) is 13.6. The Balaban J connectivity index is 1.53. The van der Waals surface area contributed by atoms with Gasteiger partial charge >= 0.3 is 0 Å². The molecule has 0 aliphatic rings. The van der Waals surface area contributed by atoms with E-state index >= 15 is 0 Å². The van der Waals surface area contributed by atoms with Gasteiger partial charge in [0.1, 0.15) is 24.7 Å². The van der Waals surface area contributed by atoms with Gasteiger partial charge in [-0.1, -0.05) is 24.3 Å². The van der Waals surface area contributed by atoms with Crippen molar-refractivity contribution in [2.45, 2.75) is 0 Å². The van der Waals surface area contributed by atoms with Crippen LogP contribution in [0.15, 0.2) is 78.9 Å². The number of nitrogens with one attached hydrogen (secondary N) is 1. The van der Waals surface area contributed by atoms with Gasteiger partial charge in [-0.2, -0.15) is 0 Å². The quantitative estimate of drug-likeness (QED) is 0.589. The Morgan fingerprint density at radius 2 is 1.39 bits per heavy atom. The van der Waals surface area contributed by atoms with E-state index in [0.717, 1.165) is 5.75 Å². The molecule has 0 heterocycles. The second kappa shape index (κ2) is 9.23. The molecule has 0 bridgehead atoms. The minimum absolute atomic E-state index is 0.280. The van der Waals surface area contributed by atoms with Gasteiger partial charge in [-0.15, -0.1) is 0 Å². The van der Waals surface area contributed by atoms with Crippen LogP contribution in [0.5, 0.6) is 11.5 Å². The second-order valence-corrected chi connectivity index (χ2v) is 5.93. The summed E-state index contributed by atoms with van der Waals surface area (Å²) in [4.78, 5) is 23.5. The van der Waals surface area contributed by atoms with E-state index in [9.17, 15) is 9.59 Å². The summed E-state index contributed by atoms with van der Waals surface area (Å²) in [6, 6.07) is 22.7. The number of nitrogens with two attached hydrogens (primary N) is 1. The zero-order chi connectivity index (χ0) is 19.8. The van der Waals surface area contributed by atoms with E-state index in [1.54, 1.807) is 48.5 Å². The first-order valence-corrected chi connectivity index (χ1v) is 8.74. The molecule has 0 aromatic heterocycles. The molecule has 3 rings (SSSR count). The molecule has 0 saturated heterocycles. The Hall–Kier alpha value is -3.80. The topological polar surface area (TPSA) is 90.7 Å². The Kier molecular flexibility index (Phi) is 6.25. The highest BCUT2D eigenvalue weighted by Gasteiger charge is 2.08. The van der Waals surface area contributed by atoms with E-state index in [4.69, 9.17) is 15.2 Å². The number of hydrogen-bond donors (Lipinski definition) is 2. The molecule has 0 fully saturated rings. The van der Waals surface area contributed by atoms with Crippen LogP contribution in [0.25, 0.3) is 0 Å². The number of carbonyl (C=O) groups is 2. The lowest BCUT2D eigenvalue weighted by atomic mass is 10.1. The van der Waals surface area contributed by atoms with Crippen LogP contribution in [0.3, 0.4) is 0 Å². The predicted molar refractivity (Wildman–Crippen MR) is 107 cm³/mol. The minimum atomic E-state index is -0.515. The molecule has 2 amide bonds. The summed E-state index contributed by atoms with van der Waals surface area (Å²) in [5.74, 6) is 0.562. The Bertz CT molecular complexity index is 940. The predicted octanol–water partition coefficient (Wildman–Crippen LogP) is 3.50. The average Bonchev–Trinajstić information content (AvgIpc) is 2.72. The third-order valence-corrected chi connectivity index (χ3v) is 3.89. The van der Waals surface area contributed by atoms with E-state index in [2.05, 4.69) is 5.32 Å². The zero-order valence-corrected chi connectivity index (χ0v) is 15.1. The summed E-state index contributed by atoms with van der Waals surface area (Å²) in [5.41, 5.74) is 6.61. The molecule has 3 aromatic carbocycles. The molecule has 3 aromatic rings. The molecular weight excluding hydrogens is 356 g/mol. The summed E-state index contributed by atoms with van der Waals surface area (Å²) >= 11 is 0. The molecule has 6 heteroatoms. The van der Waals surface area contributed by atoms with Gasteiger partial charge in [-0.3, -0.25) is 9.59 Å². The Morgan fingerprint density at radius 1 is 0.750 bits per heavy atom. The number of para-hydroxylation sites is 1. The van der Waals surface area contributed by atoms with E-state index in [0.29, 0.717) is 35.8 Å². The van der Waals surface area contributed by atoms with E-state index in [-0.39, 0.29) is 5.91 Å². The molecule has 0 atom stereocenters. The first kappa shape index (κ1) is 19.0. The maximum absolute atomic E-state index is 12.4. The van der Waals surface area contributed by atoms with Gasteiger partial charge in [-0.05, 0) is 54.6 Å². The number of primary amides is 1. The summed E-state index contributed by atoms with van der Waals surface area (Å²) < 4.78 is 11.2. The SMILES string of the molecule is NC(=O)c1ccc(NC(=O)c2cccc(OCCOc3ccccc3)c2)cc1. The Labute approximate surface area is 162 Å². The molecule has 0 spiro atoms. The van der Waals surface area contributed by atoms with Crippen molar-refractivity contribution in [2.24, 2.45) is 5.73 Å². The maximum Gasteiger partial charge on any atom is 0.255 e. The molecule has 0 saturated carbocycles. The van der Waals surface area contributed by atoms with Crippen LogP contribution in [-0.2, 0) is 0 Å². The number of anilines is 1. The largest absolute Gasteiger partial charge is 0.490 e. The number of ether oxygens (including phenoxy) is 2. The molecule has 0 aliphatic carbocycles. The lowest BCUT2D eigenvalue weighted by Gasteiger charge is -2.10. The fraction of sp³-hybridized carbons (Fsp3) is 0.0909. The summed E-state index contributed by atoms with van der Waals surface area (Å²) in [6.07, 6.45) is 0. The van der Waals surface area contributed by atoms with Crippen LogP contribution in [0.2, 0.25) is 0 Å². The highest BCUT2D eigenvalue weighted by molar-refractivity contribution is 6.04. The van der Waals surface area contributed by atoms with Crippen molar-refractivity contribution < 1.29 is 19.1 Å². The molecule has 6 nitrogen and oxygen atoms in total. The van der Waals surface area contributed by atoms with E-state index in [1.807, 2.05) is 30.3 Å². The van der Waals surface area contributed by atoms with Crippen LogP contribution in [0.4, 0.5) is 5.69 Å². The molecule has 0 radical (unpaired) electrons. The number of amides is 2. The lowest BCUT2D eigenvalue weighted by Crippen LogP contribution is -2.14. The van der Waals surface area contributed by atoms with Gasteiger partial charge in [0.2, 0.25) is 5.91 Å². The summed E-state index contributed by atoms with van der Waals surface area (Å²) in [5, 5.41) is 2.77. The number of benzene rings is 3. The average molecular weight is 376 g/mol. The van der Waals surface area contributed by atoms with E-state index in [1.165, 1.54) is 0 Å². The number of hydrogen-bond acceptors (Lipinski definition) is 4. The second-order valence-electron chi connectivity index (χ2n) is 5.93. The smallest absolute Gasteiger partial charge is 0.255 e. The van der Waals surface area contributed by atoms with Crippen molar-refractivity contribution >= 4 is 17.5 Å². The van der Waals surface area contributed by atoms with Gasteiger partial charge in [-0.25, -0.2) is 0 Å². The van der Waals surface area contributed by atoms with Crippen LogP contribution in [0.1, 0.15) is 20.7 Å². The number of rotatable bonds is 8. The third kappa shape index (κ3) is 5.35. The molecule has 142 valence electrons. The molecule has 3 N–H and O–H groups in total. The number of carbonyl (C=O) groups excluding carboxylic acids is 2. The van der Waals surface area contributed by atoms with Crippen LogP contribution < -0.4 is 20.5 Å². The van der Waals surface area contributed by atoms with Crippen LogP contribution >= 0.6 is 0 Å². The zero-order valence-electron chi connectivity index (χ0n) is 15.1. The van der Waals surface area contributed by atoms with Crippen LogP contribution in [0, 0.1) is 0 Å². The highest BCUT2D eigenvalue weighted by Crippen LogP contribution is 2.16. The Morgan fingerprint density at radius 3 is 2.07 bits per heavy atom.